The van der Waals surface area contributed by atoms with E-state index in [-0.39, 0.29) is 27.7 Å². The second kappa shape index (κ2) is 9.99. The standard InChI is InChI=1S/C25H17Cl2F3N6O2/c1-38-17-8-4-15(5-9-17)20-10-21(25(28,29)30)36-23(32-20)18(11-31-36)24(37)33-22-19(27)13-35(34-22)12-14-2-6-16(26)7-3-14/h2-11,13H,12H2,1H3,(H,33,34,37). The number of aromatic nitrogens is 5. The Bertz CT molecular complexity index is 1630. The minimum atomic E-state index is -4.76. The Hall–Kier alpha value is -4.09. The largest absolute Gasteiger partial charge is 0.497 e. The molecule has 0 aliphatic rings. The van der Waals surface area contributed by atoms with Gasteiger partial charge in [0.25, 0.3) is 5.91 Å². The number of hydrogen-bond acceptors (Lipinski definition) is 5. The fourth-order valence-corrected chi connectivity index (χ4v) is 4.07. The van der Waals surface area contributed by atoms with E-state index in [4.69, 9.17) is 27.9 Å². The van der Waals surface area contributed by atoms with E-state index in [1.807, 2.05) is 12.1 Å². The van der Waals surface area contributed by atoms with Gasteiger partial charge in [-0.15, -0.1) is 0 Å². The number of amides is 1. The molecule has 1 amide bonds. The molecule has 194 valence electrons. The van der Waals surface area contributed by atoms with Crippen LogP contribution >= 0.6 is 23.2 Å². The molecule has 3 heterocycles. The van der Waals surface area contributed by atoms with Crippen molar-refractivity contribution in [3.8, 4) is 17.0 Å². The normalized spacial score (nSPS) is 11.6. The van der Waals surface area contributed by atoms with Crippen LogP contribution in [0.4, 0.5) is 19.0 Å². The summed E-state index contributed by atoms with van der Waals surface area (Å²) in [4.78, 5) is 17.4. The summed E-state index contributed by atoms with van der Waals surface area (Å²) < 4.78 is 48.9. The lowest BCUT2D eigenvalue weighted by atomic mass is 10.1. The number of hydrogen-bond donors (Lipinski definition) is 1. The van der Waals surface area contributed by atoms with E-state index in [0.717, 1.165) is 17.8 Å². The molecule has 8 nitrogen and oxygen atoms in total. The van der Waals surface area contributed by atoms with Crippen molar-refractivity contribution in [1.29, 1.82) is 0 Å². The zero-order valence-electron chi connectivity index (χ0n) is 19.5. The quantitative estimate of drug-likeness (QED) is 0.266. The fourth-order valence-electron chi connectivity index (χ4n) is 3.75. The second-order valence-corrected chi connectivity index (χ2v) is 8.99. The van der Waals surface area contributed by atoms with E-state index in [2.05, 4.69) is 20.5 Å². The maximum absolute atomic E-state index is 13.9. The third kappa shape index (κ3) is 5.15. The maximum atomic E-state index is 13.9. The van der Waals surface area contributed by atoms with Gasteiger partial charge >= 0.3 is 6.18 Å². The molecule has 0 bridgehead atoms. The number of nitrogens with zero attached hydrogens (tertiary/aromatic N) is 5. The van der Waals surface area contributed by atoms with E-state index in [9.17, 15) is 18.0 Å². The predicted octanol–water partition coefficient (Wildman–Crippen LogP) is 6.23. The van der Waals surface area contributed by atoms with E-state index in [0.29, 0.717) is 27.4 Å². The number of carbonyl (C=O) groups is 1. The first kappa shape index (κ1) is 25.6. The number of anilines is 1. The van der Waals surface area contributed by atoms with Gasteiger partial charge in [-0.2, -0.15) is 23.4 Å². The molecule has 1 N–H and O–H groups in total. The summed E-state index contributed by atoms with van der Waals surface area (Å²) in [5, 5.41) is 11.3. The van der Waals surface area contributed by atoms with Gasteiger partial charge in [0, 0.05) is 16.8 Å². The van der Waals surface area contributed by atoms with Crippen molar-refractivity contribution < 1.29 is 22.7 Å². The summed E-state index contributed by atoms with van der Waals surface area (Å²) >= 11 is 12.2. The van der Waals surface area contributed by atoms with Gasteiger partial charge in [-0.3, -0.25) is 9.48 Å². The van der Waals surface area contributed by atoms with Crippen LogP contribution in [0.5, 0.6) is 5.75 Å². The second-order valence-electron chi connectivity index (χ2n) is 8.15. The number of halogens is 5. The van der Waals surface area contributed by atoms with Crippen molar-refractivity contribution in [3.05, 3.63) is 93.9 Å². The lowest BCUT2D eigenvalue weighted by Crippen LogP contribution is -2.16. The minimum absolute atomic E-state index is 0.00676. The highest BCUT2D eigenvalue weighted by Gasteiger charge is 2.36. The summed E-state index contributed by atoms with van der Waals surface area (Å²) in [5.41, 5.74) is -0.252. The first-order chi connectivity index (χ1) is 18.1. The molecule has 13 heteroatoms. The van der Waals surface area contributed by atoms with E-state index in [1.54, 1.807) is 36.4 Å². The van der Waals surface area contributed by atoms with Crippen molar-refractivity contribution in [1.82, 2.24) is 24.4 Å². The molecule has 0 unspecified atom stereocenters. The molecule has 2 aromatic carbocycles. The van der Waals surface area contributed by atoms with E-state index >= 15 is 0 Å². The number of benzene rings is 2. The Labute approximate surface area is 223 Å². The van der Waals surface area contributed by atoms with Crippen molar-refractivity contribution in [3.63, 3.8) is 0 Å². The maximum Gasteiger partial charge on any atom is 0.433 e. The molecule has 0 aliphatic heterocycles. The lowest BCUT2D eigenvalue weighted by Gasteiger charge is -2.12. The molecule has 3 aromatic heterocycles. The summed E-state index contributed by atoms with van der Waals surface area (Å²) in [5.74, 6) is -0.207. The number of nitrogens with one attached hydrogen (secondary N) is 1. The first-order valence-corrected chi connectivity index (χ1v) is 11.8. The zero-order chi connectivity index (χ0) is 27.0. The van der Waals surface area contributed by atoms with Gasteiger partial charge in [0.15, 0.2) is 17.2 Å². The van der Waals surface area contributed by atoms with Crippen LogP contribution in [0, 0.1) is 0 Å². The summed E-state index contributed by atoms with van der Waals surface area (Å²) in [6, 6.07) is 14.3. The third-order valence-electron chi connectivity index (χ3n) is 5.60. The third-order valence-corrected chi connectivity index (χ3v) is 6.13. The molecule has 0 atom stereocenters. The van der Waals surface area contributed by atoms with Crippen LogP contribution in [0.1, 0.15) is 21.6 Å². The number of carbonyl (C=O) groups excluding carboxylic acids is 1. The molecular weight excluding hydrogens is 544 g/mol. The van der Waals surface area contributed by atoms with Gasteiger partial charge < -0.3 is 10.1 Å². The molecule has 0 aliphatic carbocycles. The molecular formula is C25H17Cl2F3N6O2. The van der Waals surface area contributed by atoms with Gasteiger partial charge in [-0.1, -0.05) is 35.3 Å². The Morgan fingerprint density at radius 1 is 1.08 bits per heavy atom. The van der Waals surface area contributed by atoms with Gasteiger partial charge in [0.05, 0.1) is 25.5 Å². The molecule has 0 saturated heterocycles. The monoisotopic (exact) mass is 560 g/mol. The van der Waals surface area contributed by atoms with Gasteiger partial charge in [-0.25, -0.2) is 9.50 Å². The number of fused-ring (bicyclic) bond motifs is 1. The molecule has 5 aromatic rings. The highest BCUT2D eigenvalue weighted by Crippen LogP contribution is 2.33. The summed E-state index contributed by atoms with van der Waals surface area (Å²) in [6.45, 7) is 0.352. The Balaban J connectivity index is 1.48. The molecule has 0 saturated carbocycles. The van der Waals surface area contributed by atoms with Crippen LogP contribution in [-0.2, 0) is 12.7 Å². The van der Waals surface area contributed by atoms with Crippen LogP contribution in [0.3, 0.4) is 0 Å². The van der Waals surface area contributed by atoms with Crippen molar-refractivity contribution >= 4 is 40.6 Å². The van der Waals surface area contributed by atoms with Crippen LogP contribution in [-0.4, -0.2) is 37.4 Å². The topological polar surface area (TPSA) is 86.3 Å². The number of alkyl halides is 3. The average molecular weight is 561 g/mol. The highest BCUT2D eigenvalue weighted by atomic mass is 35.5. The Morgan fingerprint density at radius 2 is 1.79 bits per heavy atom. The van der Waals surface area contributed by atoms with Crippen LogP contribution in [0.2, 0.25) is 10.0 Å². The van der Waals surface area contributed by atoms with Gasteiger partial charge in [-0.05, 0) is 48.0 Å². The first-order valence-electron chi connectivity index (χ1n) is 11.0. The Kier molecular flexibility index (Phi) is 6.72. The lowest BCUT2D eigenvalue weighted by molar-refractivity contribution is -0.142. The SMILES string of the molecule is COc1ccc(-c2cc(C(F)(F)F)n3ncc(C(=O)Nc4nn(Cc5ccc(Cl)cc5)cc4Cl)c3n2)cc1. The zero-order valence-corrected chi connectivity index (χ0v) is 21.0. The predicted molar refractivity (Wildman–Crippen MR) is 136 cm³/mol. The van der Waals surface area contributed by atoms with Crippen molar-refractivity contribution in [2.45, 2.75) is 12.7 Å². The molecule has 5 rings (SSSR count). The molecule has 0 spiro atoms. The highest BCUT2D eigenvalue weighted by molar-refractivity contribution is 6.33. The van der Waals surface area contributed by atoms with E-state index < -0.39 is 17.8 Å². The molecule has 0 fully saturated rings. The smallest absolute Gasteiger partial charge is 0.433 e. The van der Waals surface area contributed by atoms with Crippen LogP contribution in [0.15, 0.2) is 67.0 Å². The Morgan fingerprint density at radius 3 is 2.45 bits per heavy atom. The van der Waals surface area contributed by atoms with Gasteiger partial charge in [0.2, 0.25) is 0 Å². The number of methoxy groups -OCH3 is 1. The average Bonchev–Trinajstić information content (AvgIpc) is 3.47. The molecule has 38 heavy (non-hydrogen) atoms. The fraction of sp³-hybridized carbons (Fsp3) is 0.120. The van der Waals surface area contributed by atoms with Crippen LogP contribution < -0.4 is 10.1 Å². The summed E-state index contributed by atoms with van der Waals surface area (Å²) in [7, 11) is 1.48. The molecule has 0 radical (unpaired) electrons. The van der Waals surface area contributed by atoms with Crippen molar-refractivity contribution in [2.75, 3.05) is 12.4 Å². The number of rotatable bonds is 6. The van der Waals surface area contributed by atoms with Gasteiger partial charge in [0.1, 0.15) is 16.3 Å². The summed E-state index contributed by atoms with van der Waals surface area (Å²) in [6.07, 6.45) is -2.22. The van der Waals surface area contributed by atoms with E-state index in [1.165, 1.54) is 18.0 Å². The van der Waals surface area contributed by atoms with Crippen molar-refractivity contribution in [2.24, 2.45) is 0 Å². The minimum Gasteiger partial charge on any atom is -0.497 e. The number of ether oxygens (including phenoxy) is 1. The van der Waals surface area contributed by atoms with Crippen LogP contribution in [0.25, 0.3) is 16.9 Å².